The molecule has 342 valence electrons. The molecule has 68 heavy (non-hydrogen) atoms. The first-order valence-corrected chi connectivity index (χ1v) is 24.2. The van der Waals surface area contributed by atoms with Crippen molar-refractivity contribution >= 4 is 55.9 Å². The molecule has 0 fully saturated rings. The SMILES string of the molecule is CN(c1cccc(N2CN(c3cc(C(C)(C)C)cc(C(C)(C)C)c3)c3ccccc32)c1)c1ccc2c3cc(C(C)(C)C)ccc3n(-c3cc(C(C)(c4ccccc4)c4ccccc4)ccn3)c2c1. The third-order valence-electron chi connectivity index (χ3n) is 14.5. The second-order valence-electron chi connectivity index (χ2n) is 22.1. The van der Waals surface area contributed by atoms with E-state index in [1.165, 1.54) is 61.2 Å². The standard InChI is InChI=1S/C63H65N5/c1-60(2,3)45-29-32-55-54(38-45)53-31-30-50(41-58(53)68(55)59-39-46(33-34-64-59)63(10,43-21-14-12-15-22-43)44-23-16-13-17-24-44)65(11)49-25-20-26-51(40-49)66-42-67(57-28-19-18-27-56(57)66)52-36-47(61(4,5)6)35-48(37-52)62(7,8)9/h12-41H,42H2,1-11H3. The van der Waals surface area contributed by atoms with Gasteiger partial charge in [0.1, 0.15) is 12.5 Å². The van der Waals surface area contributed by atoms with Gasteiger partial charge < -0.3 is 14.7 Å². The first-order chi connectivity index (χ1) is 32.4. The van der Waals surface area contributed by atoms with E-state index in [4.69, 9.17) is 4.98 Å². The molecule has 0 N–H and O–H groups in total. The number of nitrogens with zero attached hydrogens (tertiary/aromatic N) is 5. The van der Waals surface area contributed by atoms with Crippen molar-refractivity contribution in [3.63, 3.8) is 0 Å². The molecule has 1 aliphatic rings. The van der Waals surface area contributed by atoms with Crippen molar-refractivity contribution < 1.29 is 0 Å². The maximum Gasteiger partial charge on any atom is 0.137 e. The van der Waals surface area contributed by atoms with Crippen LogP contribution in [0, 0.1) is 0 Å². The third kappa shape index (κ3) is 7.92. The van der Waals surface area contributed by atoms with E-state index in [1.807, 2.05) is 6.20 Å². The zero-order valence-electron chi connectivity index (χ0n) is 41.8. The Morgan fingerprint density at radius 1 is 0.412 bits per heavy atom. The summed E-state index contributed by atoms with van der Waals surface area (Å²) in [5.41, 5.74) is 16.6. The van der Waals surface area contributed by atoms with Crippen LogP contribution in [0.4, 0.5) is 34.1 Å². The van der Waals surface area contributed by atoms with Gasteiger partial charge in [-0.15, -0.1) is 0 Å². The van der Waals surface area contributed by atoms with E-state index in [9.17, 15) is 0 Å². The van der Waals surface area contributed by atoms with Gasteiger partial charge in [-0.3, -0.25) is 4.57 Å². The number of benzene rings is 7. The molecule has 0 saturated carbocycles. The van der Waals surface area contributed by atoms with Crippen molar-refractivity contribution in [2.45, 2.75) is 90.9 Å². The normalized spacial score (nSPS) is 13.4. The van der Waals surface area contributed by atoms with Crippen molar-refractivity contribution in [2.24, 2.45) is 0 Å². The van der Waals surface area contributed by atoms with Gasteiger partial charge in [-0.2, -0.15) is 0 Å². The molecule has 5 nitrogen and oxygen atoms in total. The largest absolute Gasteiger partial charge is 0.344 e. The van der Waals surface area contributed by atoms with Crippen LogP contribution in [0.15, 0.2) is 182 Å². The van der Waals surface area contributed by atoms with E-state index in [0.717, 1.165) is 33.9 Å². The summed E-state index contributed by atoms with van der Waals surface area (Å²) in [6.07, 6.45) is 1.99. The van der Waals surface area contributed by atoms with Crippen molar-refractivity contribution in [2.75, 3.05) is 28.4 Å². The molecule has 10 rings (SSSR count). The molecule has 0 radical (unpaired) electrons. The van der Waals surface area contributed by atoms with Gasteiger partial charge >= 0.3 is 0 Å². The van der Waals surface area contributed by atoms with Crippen LogP contribution in [-0.4, -0.2) is 23.3 Å². The lowest BCUT2D eigenvalue weighted by Crippen LogP contribution is -2.25. The Balaban J connectivity index is 1.06. The van der Waals surface area contributed by atoms with Gasteiger partial charge in [0, 0.05) is 52.2 Å². The van der Waals surface area contributed by atoms with E-state index in [0.29, 0.717) is 6.67 Å². The maximum absolute atomic E-state index is 5.16. The lowest BCUT2D eigenvalue weighted by Gasteiger charge is -2.32. The molecule has 0 aliphatic carbocycles. The van der Waals surface area contributed by atoms with Crippen LogP contribution >= 0.6 is 0 Å². The van der Waals surface area contributed by atoms with E-state index in [2.05, 4.69) is 271 Å². The minimum absolute atomic E-state index is 0.00213. The number of para-hydroxylation sites is 2. The first-order valence-electron chi connectivity index (χ1n) is 24.2. The number of fused-ring (bicyclic) bond motifs is 4. The van der Waals surface area contributed by atoms with Crippen LogP contribution in [0.25, 0.3) is 27.6 Å². The van der Waals surface area contributed by atoms with Crippen LogP contribution in [0.3, 0.4) is 0 Å². The first kappa shape index (κ1) is 44.7. The Hall–Kier alpha value is -7.11. The van der Waals surface area contributed by atoms with Gasteiger partial charge in [-0.05, 0) is 135 Å². The number of anilines is 6. The van der Waals surface area contributed by atoms with Crippen LogP contribution in [0.5, 0.6) is 0 Å². The summed E-state index contributed by atoms with van der Waals surface area (Å²) in [7, 11) is 2.19. The molecule has 0 bridgehead atoms. The number of aromatic nitrogens is 2. The van der Waals surface area contributed by atoms with Crippen molar-refractivity contribution in [1.82, 2.24) is 9.55 Å². The molecule has 5 heteroatoms. The minimum Gasteiger partial charge on any atom is -0.344 e. The van der Waals surface area contributed by atoms with E-state index >= 15 is 0 Å². The highest BCUT2D eigenvalue weighted by molar-refractivity contribution is 6.10. The van der Waals surface area contributed by atoms with Gasteiger partial charge in [0.05, 0.1) is 22.4 Å². The minimum atomic E-state index is -0.409. The summed E-state index contributed by atoms with van der Waals surface area (Å²) in [5, 5.41) is 2.43. The van der Waals surface area contributed by atoms with Gasteiger partial charge in [0.2, 0.25) is 0 Å². The summed E-state index contributed by atoms with van der Waals surface area (Å²) in [5.74, 6) is 0.894. The quantitative estimate of drug-likeness (QED) is 0.152. The molecular formula is C63H65N5. The Labute approximate surface area is 404 Å². The van der Waals surface area contributed by atoms with Crippen molar-refractivity contribution in [3.8, 4) is 5.82 Å². The molecule has 9 aromatic rings. The van der Waals surface area contributed by atoms with Gasteiger partial charge in [-0.1, -0.05) is 159 Å². The lowest BCUT2D eigenvalue weighted by molar-refractivity contribution is 0.568. The average molecular weight is 892 g/mol. The van der Waals surface area contributed by atoms with Crippen LogP contribution in [0.2, 0.25) is 0 Å². The van der Waals surface area contributed by atoms with E-state index in [1.54, 1.807) is 0 Å². The van der Waals surface area contributed by atoms with Gasteiger partial charge in [0.15, 0.2) is 0 Å². The number of hydrogen-bond donors (Lipinski definition) is 0. The lowest BCUT2D eigenvalue weighted by atomic mass is 9.71. The highest BCUT2D eigenvalue weighted by atomic mass is 15.4. The predicted molar refractivity (Wildman–Crippen MR) is 290 cm³/mol. The maximum atomic E-state index is 5.16. The molecule has 0 amide bonds. The molecule has 7 aromatic carbocycles. The molecule has 0 unspecified atom stereocenters. The molecule has 2 aromatic heterocycles. The fraction of sp³-hybridized carbons (Fsp3) is 0.254. The van der Waals surface area contributed by atoms with Crippen LogP contribution < -0.4 is 14.7 Å². The highest BCUT2D eigenvalue weighted by Gasteiger charge is 2.33. The van der Waals surface area contributed by atoms with Crippen molar-refractivity contribution in [1.29, 1.82) is 0 Å². The van der Waals surface area contributed by atoms with Crippen molar-refractivity contribution in [3.05, 3.63) is 216 Å². The number of rotatable bonds is 8. The molecule has 0 saturated heterocycles. The Morgan fingerprint density at radius 3 is 1.59 bits per heavy atom. The van der Waals surface area contributed by atoms with Gasteiger partial charge in [-0.25, -0.2) is 4.98 Å². The summed E-state index contributed by atoms with van der Waals surface area (Å²) < 4.78 is 2.38. The summed E-state index contributed by atoms with van der Waals surface area (Å²) in [6.45, 7) is 23.8. The molecule has 1 aliphatic heterocycles. The second-order valence-corrected chi connectivity index (χ2v) is 22.1. The zero-order valence-corrected chi connectivity index (χ0v) is 41.8. The topological polar surface area (TPSA) is 27.5 Å². The monoisotopic (exact) mass is 892 g/mol. The van der Waals surface area contributed by atoms with Gasteiger partial charge in [0.25, 0.3) is 0 Å². The fourth-order valence-corrected chi connectivity index (χ4v) is 10.1. The average Bonchev–Trinajstić information content (AvgIpc) is 3.89. The molecule has 3 heterocycles. The predicted octanol–water partition coefficient (Wildman–Crippen LogP) is 16.4. The highest BCUT2D eigenvalue weighted by Crippen LogP contribution is 2.47. The Bertz CT molecular complexity index is 3230. The number of hydrogen-bond acceptors (Lipinski definition) is 4. The zero-order chi connectivity index (χ0) is 47.8. The number of pyridine rings is 1. The summed E-state index contributed by atoms with van der Waals surface area (Å²) >= 11 is 0. The van der Waals surface area contributed by atoms with E-state index in [-0.39, 0.29) is 16.2 Å². The molecule has 0 atom stereocenters. The summed E-state index contributed by atoms with van der Waals surface area (Å²) in [4.78, 5) is 12.4. The smallest absolute Gasteiger partial charge is 0.137 e. The van der Waals surface area contributed by atoms with E-state index < -0.39 is 5.41 Å². The fourth-order valence-electron chi connectivity index (χ4n) is 10.1. The van der Waals surface area contributed by atoms with Crippen LogP contribution in [-0.2, 0) is 21.7 Å². The molecule has 0 spiro atoms. The molecular weight excluding hydrogens is 827 g/mol. The Kier molecular flexibility index (Phi) is 10.9. The summed E-state index contributed by atoms with van der Waals surface area (Å²) in [6, 6.07) is 65.2. The third-order valence-corrected chi connectivity index (χ3v) is 14.5. The second kappa shape index (κ2) is 16.6. The van der Waals surface area contributed by atoms with Crippen LogP contribution in [0.1, 0.15) is 103 Å². The Morgan fingerprint density at radius 2 is 0.985 bits per heavy atom.